The van der Waals surface area contributed by atoms with E-state index in [1.807, 2.05) is 0 Å². The van der Waals surface area contributed by atoms with Gasteiger partial charge in [0.1, 0.15) is 6.04 Å². The number of methoxy groups -OCH3 is 1. The molecular formula is C18H17ClN2O5. The fourth-order valence-electron chi connectivity index (χ4n) is 2.43. The Hall–Kier alpha value is -2.93. The number of nitro groups is 1. The van der Waals surface area contributed by atoms with Gasteiger partial charge in [0.15, 0.2) is 0 Å². The molecule has 0 fully saturated rings. The molecule has 0 saturated heterocycles. The van der Waals surface area contributed by atoms with Gasteiger partial charge in [-0.25, -0.2) is 4.79 Å². The van der Waals surface area contributed by atoms with E-state index >= 15 is 0 Å². The molecule has 0 aromatic heterocycles. The van der Waals surface area contributed by atoms with Gasteiger partial charge < -0.3 is 10.1 Å². The smallest absolute Gasteiger partial charge is 0.328 e. The van der Waals surface area contributed by atoms with Gasteiger partial charge in [0.05, 0.1) is 18.5 Å². The van der Waals surface area contributed by atoms with E-state index in [9.17, 15) is 19.7 Å². The molecule has 26 heavy (non-hydrogen) atoms. The van der Waals surface area contributed by atoms with Crippen LogP contribution in [0.3, 0.4) is 0 Å². The minimum absolute atomic E-state index is 0.0995. The summed E-state index contributed by atoms with van der Waals surface area (Å²) >= 11 is 6.10. The lowest BCUT2D eigenvalue weighted by Gasteiger charge is -2.17. The quantitative estimate of drug-likeness (QED) is 0.455. The van der Waals surface area contributed by atoms with Crippen LogP contribution in [0.5, 0.6) is 0 Å². The Morgan fingerprint density at radius 1 is 1.23 bits per heavy atom. The number of non-ortho nitro benzene ring substituents is 1. The van der Waals surface area contributed by atoms with E-state index in [1.54, 1.807) is 30.3 Å². The van der Waals surface area contributed by atoms with Gasteiger partial charge in [0.25, 0.3) is 5.69 Å². The van der Waals surface area contributed by atoms with Crippen molar-refractivity contribution < 1.29 is 19.2 Å². The summed E-state index contributed by atoms with van der Waals surface area (Å²) in [5.74, 6) is -1.05. The number of nitrogens with one attached hydrogen (secondary N) is 1. The average Bonchev–Trinajstić information content (AvgIpc) is 2.62. The minimum Gasteiger partial charge on any atom is -0.467 e. The second-order valence-corrected chi connectivity index (χ2v) is 5.95. The highest BCUT2D eigenvalue weighted by Gasteiger charge is 2.23. The number of ether oxygens (including phenoxy) is 1. The average molecular weight is 377 g/mol. The lowest BCUT2D eigenvalue weighted by molar-refractivity contribution is -0.384. The van der Waals surface area contributed by atoms with Crippen molar-refractivity contribution in [2.75, 3.05) is 7.11 Å². The maximum absolute atomic E-state index is 12.3. The van der Waals surface area contributed by atoms with Crippen molar-refractivity contribution in [3.63, 3.8) is 0 Å². The molecule has 1 amide bonds. The number of hydrogen-bond acceptors (Lipinski definition) is 5. The highest BCUT2D eigenvalue weighted by Crippen LogP contribution is 2.17. The Balaban J connectivity index is 2.09. The van der Waals surface area contributed by atoms with E-state index < -0.39 is 22.8 Å². The third-order valence-corrected chi connectivity index (χ3v) is 4.06. The fraction of sp³-hybridized carbons (Fsp3) is 0.222. The number of amides is 1. The predicted octanol–water partition coefficient (Wildman–Crippen LogP) is 2.69. The third-order valence-electron chi connectivity index (χ3n) is 3.69. The van der Waals surface area contributed by atoms with Gasteiger partial charge in [-0.1, -0.05) is 41.9 Å². The first-order valence-electron chi connectivity index (χ1n) is 7.74. The standard InChI is InChI=1S/C18H17ClN2O5/c1-26-18(23)16(11-13-6-2-3-8-15(13)19)20-17(22)10-12-5-4-7-14(9-12)21(24)25/h2-9,16H,10-11H2,1H3,(H,20,22)/t16-/m0/s1. The SMILES string of the molecule is COC(=O)[C@H](Cc1ccccc1Cl)NC(=O)Cc1cccc([N+](=O)[O-])c1. The summed E-state index contributed by atoms with van der Waals surface area (Å²) in [4.78, 5) is 34.5. The molecule has 0 saturated carbocycles. The van der Waals surface area contributed by atoms with E-state index in [2.05, 4.69) is 5.32 Å². The van der Waals surface area contributed by atoms with Gasteiger partial charge in [0, 0.05) is 23.6 Å². The molecule has 2 rings (SSSR count). The van der Waals surface area contributed by atoms with Crippen molar-refractivity contribution in [1.82, 2.24) is 5.32 Å². The lowest BCUT2D eigenvalue weighted by Crippen LogP contribution is -2.43. The number of nitro benzene ring substituents is 1. The van der Waals surface area contributed by atoms with Gasteiger partial charge in [-0.3, -0.25) is 14.9 Å². The summed E-state index contributed by atoms with van der Waals surface area (Å²) in [6.45, 7) is 0. The van der Waals surface area contributed by atoms with Crippen molar-refractivity contribution in [3.8, 4) is 0 Å². The van der Waals surface area contributed by atoms with E-state index in [1.165, 1.54) is 25.3 Å². The highest BCUT2D eigenvalue weighted by atomic mass is 35.5. The summed E-state index contributed by atoms with van der Waals surface area (Å²) in [6.07, 6.45) is 0.0741. The lowest BCUT2D eigenvalue weighted by atomic mass is 10.0. The van der Waals surface area contributed by atoms with Gasteiger partial charge >= 0.3 is 5.97 Å². The van der Waals surface area contributed by atoms with Crippen molar-refractivity contribution in [3.05, 3.63) is 74.8 Å². The highest BCUT2D eigenvalue weighted by molar-refractivity contribution is 6.31. The van der Waals surface area contributed by atoms with Gasteiger partial charge in [-0.05, 0) is 17.2 Å². The monoisotopic (exact) mass is 376 g/mol. The van der Waals surface area contributed by atoms with E-state index in [0.29, 0.717) is 16.1 Å². The van der Waals surface area contributed by atoms with Gasteiger partial charge in [-0.15, -0.1) is 0 Å². The van der Waals surface area contributed by atoms with Crippen LogP contribution in [0, 0.1) is 10.1 Å². The molecule has 1 N–H and O–H groups in total. The van der Waals surface area contributed by atoms with Gasteiger partial charge in [-0.2, -0.15) is 0 Å². The van der Waals surface area contributed by atoms with Gasteiger partial charge in [0.2, 0.25) is 5.91 Å². The first-order valence-corrected chi connectivity index (χ1v) is 8.12. The van der Waals surface area contributed by atoms with Crippen LogP contribution in [0.4, 0.5) is 5.69 Å². The molecule has 2 aromatic rings. The Bertz CT molecular complexity index is 825. The molecule has 0 aliphatic rings. The molecule has 0 radical (unpaired) electrons. The largest absolute Gasteiger partial charge is 0.467 e. The number of rotatable bonds is 7. The zero-order chi connectivity index (χ0) is 19.1. The molecule has 0 bridgehead atoms. The number of esters is 1. The summed E-state index contributed by atoms with van der Waals surface area (Å²) in [5.41, 5.74) is 1.06. The summed E-state index contributed by atoms with van der Waals surface area (Å²) in [5, 5.41) is 13.9. The predicted molar refractivity (Wildman–Crippen MR) is 95.9 cm³/mol. The van der Waals surface area contributed by atoms with Crippen LogP contribution in [0.2, 0.25) is 5.02 Å². The van der Waals surface area contributed by atoms with Crippen LogP contribution in [0.1, 0.15) is 11.1 Å². The molecule has 0 aliphatic heterocycles. The second-order valence-electron chi connectivity index (χ2n) is 5.54. The van der Waals surface area contributed by atoms with E-state index in [-0.39, 0.29) is 18.5 Å². The van der Waals surface area contributed by atoms with Crippen LogP contribution >= 0.6 is 11.6 Å². The summed E-state index contributed by atoms with van der Waals surface area (Å²) in [6, 6.07) is 11.8. The maximum Gasteiger partial charge on any atom is 0.328 e. The first-order chi connectivity index (χ1) is 12.4. The molecule has 2 aromatic carbocycles. The van der Waals surface area contributed by atoms with Crippen LogP contribution in [0.15, 0.2) is 48.5 Å². The second kappa shape index (κ2) is 8.96. The summed E-state index contributed by atoms with van der Waals surface area (Å²) < 4.78 is 4.74. The van der Waals surface area contributed by atoms with Crippen molar-refractivity contribution in [2.24, 2.45) is 0 Å². The Morgan fingerprint density at radius 3 is 2.62 bits per heavy atom. The molecule has 0 spiro atoms. The van der Waals surface area contributed by atoms with Crippen LogP contribution < -0.4 is 5.32 Å². The Labute approximate surface area is 155 Å². The van der Waals surface area contributed by atoms with Crippen LogP contribution in [0.25, 0.3) is 0 Å². The number of halogens is 1. The zero-order valence-electron chi connectivity index (χ0n) is 14.0. The number of nitrogens with zero attached hydrogens (tertiary/aromatic N) is 1. The normalized spacial score (nSPS) is 11.5. The van der Waals surface area contributed by atoms with Crippen LogP contribution in [-0.2, 0) is 27.2 Å². The van der Waals surface area contributed by atoms with E-state index in [4.69, 9.17) is 16.3 Å². The maximum atomic E-state index is 12.3. The molecule has 0 heterocycles. The number of carbonyl (C=O) groups excluding carboxylic acids is 2. The summed E-state index contributed by atoms with van der Waals surface area (Å²) in [7, 11) is 1.23. The molecule has 1 atom stereocenters. The molecule has 136 valence electrons. The molecule has 8 heteroatoms. The molecule has 0 aliphatic carbocycles. The van der Waals surface area contributed by atoms with Crippen molar-refractivity contribution in [1.29, 1.82) is 0 Å². The van der Waals surface area contributed by atoms with E-state index in [0.717, 1.165) is 0 Å². The van der Waals surface area contributed by atoms with Crippen molar-refractivity contribution in [2.45, 2.75) is 18.9 Å². The first kappa shape index (κ1) is 19.4. The number of benzene rings is 2. The molecule has 0 unspecified atom stereocenters. The number of hydrogen-bond donors (Lipinski definition) is 1. The molecular weight excluding hydrogens is 360 g/mol. The number of carbonyl (C=O) groups is 2. The van der Waals surface area contributed by atoms with Crippen LogP contribution in [-0.4, -0.2) is 30.0 Å². The fourth-order valence-corrected chi connectivity index (χ4v) is 2.64. The third kappa shape index (κ3) is 5.29. The van der Waals surface area contributed by atoms with Crippen molar-refractivity contribution >= 4 is 29.2 Å². The minimum atomic E-state index is -0.911. The zero-order valence-corrected chi connectivity index (χ0v) is 14.7. The Kier molecular flexibility index (Phi) is 6.68. The Morgan fingerprint density at radius 2 is 1.96 bits per heavy atom. The topological polar surface area (TPSA) is 98.5 Å². The molecule has 7 nitrogen and oxygen atoms in total.